The second-order valence-electron chi connectivity index (χ2n) is 5.18. The summed E-state index contributed by atoms with van der Waals surface area (Å²) in [6.07, 6.45) is 1.63. The first kappa shape index (κ1) is 15.6. The zero-order chi connectivity index (χ0) is 17.1. The van der Waals surface area contributed by atoms with Crippen LogP contribution in [0.3, 0.4) is 0 Å². The molecule has 0 atom stereocenters. The van der Waals surface area contributed by atoms with Gasteiger partial charge in [0.15, 0.2) is 16.7 Å². The predicted octanol–water partition coefficient (Wildman–Crippen LogP) is 3.90. The predicted molar refractivity (Wildman–Crippen MR) is 92.7 cm³/mol. The van der Waals surface area contributed by atoms with Crippen molar-refractivity contribution < 1.29 is 8.83 Å². The Hall–Kier alpha value is -2.87. The third kappa shape index (κ3) is 3.20. The third-order valence-corrected chi connectivity index (χ3v) is 4.54. The minimum atomic E-state index is 0.518. The molecule has 7 nitrogen and oxygen atoms in total. The molecule has 0 amide bonds. The Bertz CT molecular complexity index is 947. The number of benzene rings is 1. The highest BCUT2D eigenvalue weighted by Crippen LogP contribution is 2.27. The van der Waals surface area contributed by atoms with Crippen LogP contribution in [0.15, 0.2) is 62.7 Å². The quantitative estimate of drug-likeness (QED) is 0.486. The second-order valence-corrected chi connectivity index (χ2v) is 6.13. The molecule has 25 heavy (non-hydrogen) atoms. The summed E-state index contributed by atoms with van der Waals surface area (Å²) in [5.41, 5.74) is 0.906. The van der Waals surface area contributed by atoms with E-state index in [2.05, 4.69) is 20.4 Å². The smallest absolute Gasteiger partial charge is 0.247 e. The summed E-state index contributed by atoms with van der Waals surface area (Å²) in [4.78, 5) is 0. The fraction of sp³-hybridized carbons (Fsp3) is 0.176. The van der Waals surface area contributed by atoms with Crippen LogP contribution in [0.1, 0.15) is 12.8 Å². The van der Waals surface area contributed by atoms with E-state index >= 15 is 0 Å². The lowest BCUT2D eigenvalue weighted by molar-refractivity contribution is 0.528. The first-order valence-corrected chi connectivity index (χ1v) is 8.81. The van der Waals surface area contributed by atoms with Gasteiger partial charge in [0, 0.05) is 12.1 Å². The van der Waals surface area contributed by atoms with Crippen LogP contribution in [0.4, 0.5) is 0 Å². The van der Waals surface area contributed by atoms with Crippen LogP contribution in [0.2, 0.25) is 0 Å². The summed E-state index contributed by atoms with van der Waals surface area (Å²) in [6.45, 7) is 2.78. The van der Waals surface area contributed by atoms with Crippen LogP contribution >= 0.6 is 11.8 Å². The van der Waals surface area contributed by atoms with Crippen LogP contribution in [-0.4, -0.2) is 25.0 Å². The van der Waals surface area contributed by atoms with Gasteiger partial charge >= 0.3 is 0 Å². The average Bonchev–Trinajstić information content (AvgIpc) is 3.39. The molecule has 0 radical (unpaired) electrons. The maximum atomic E-state index is 5.72. The molecule has 0 bridgehead atoms. The van der Waals surface area contributed by atoms with Crippen molar-refractivity contribution in [1.82, 2.24) is 25.0 Å². The lowest BCUT2D eigenvalue weighted by Gasteiger charge is -2.04. The first-order valence-electron chi connectivity index (χ1n) is 7.83. The monoisotopic (exact) mass is 353 g/mol. The van der Waals surface area contributed by atoms with E-state index in [0.717, 1.165) is 17.3 Å². The zero-order valence-electron chi connectivity index (χ0n) is 13.5. The summed E-state index contributed by atoms with van der Waals surface area (Å²) in [5.74, 6) is 3.00. The van der Waals surface area contributed by atoms with Crippen molar-refractivity contribution in [2.75, 3.05) is 0 Å². The van der Waals surface area contributed by atoms with Gasteiger partial charge in [0.25, 0.3) is 0 Å². The van der Waals surface area contributed by atoms with E-state index in [9.17, 15) is 0 Å². The maximum absolute atomic E-state index is 5.72. The van der Waals surface area contributed by atoms with Gasteiger partial charge in [-0.2, -0.15) is 0 Å². The fourth-order valence-corrected chi connectivity index (χ4v) is 3.24. The molecule has 0 aliphatic rings. The number of thioether (sulfide) groups is 1. The van der Waals surface area contributed by atoms with Crippen molar-refractivity contribution in [1.29, 1.82) is 0 Å². The van der Waals surface area contributed by atoms with Crippen molar-refractivity contribution in [3.63, 3.8) is 0 Å². The molecule has 1 aromatic carbocycles. The molecule has 0 unspecified atom stereocenters. The molecule has 4 rings (SSSR count). The van der Waals surface area contributed by atoms with Gasteiger partial charge in [-0.25, -0.2) is 0 Å². The molecule has 0 saturated heterocycles. The van der Waals surface area contributed by atoms with Gasteiger partial charge in [-0.05, 0) is 31.2 Å². The van der Waals surface area contributed by atoms with E-state index in [1.54, 1.807) is 6.26 Å². The van der Waals surface area contributed by atoms with Gasteiger partial charge in [0.05, 0.1) is 12.0 Å². The zero-order valence-corrected chi connectivity index (χ0v) is 14.3. The molecular weight excluding hydrogens is 338 g/mol. The normalized spacial score (nSPS) is 11.1. The van der Waals surface area contributed by atoms with Gasteiger partial charge in [-0.3, -0.25) is 4.57 Å². The van der Waals surface area contributed by atoms with Crippen molar-refractivity contribution >= 4 is 11.8 Å². The number of hydrogen-bond acceptors (Lipinski definition) is 7. The van der Waals surface area contributed by atoms with E-state index in [0.29, 0.717) is 29.1 Å². The Morgan fingerprint density at radius 2 is 1.88 bits per heavy atom. The average molecular weight is 353 g/mol. The highest BCUT2D eigenvalue weighted by molar-refractivity contribution is 7.98. The van der Waals surface area contributed by atoms with E-state index < -0.39 is 0 Å². The molecule has 4 aromatic rings. The Labute approximate surface area is 148 Å². The van der Waals surface area contributed by atoms with Crippen molar-refractivity contribution in [3.8, 4) is 23.0 Å². The molecule has 126 valence electrons. The summed E-state index contributed by atoms with van der Waals surface area (Å²) in [7, 11) is 0. The summed E-state index contributed by atoms with van der Waals surface area (Å²) < 4.78 is 13.1. The number of aromatic nitrogens is 5. The van der Waals surface area contributed by atoms with Gasteiger partial charge in [0.2, 0.25) is 11.8 Å². The SMILES string of the molecule is CCn1c(SCc2nnc(-c3ccccc3)o2)nnc1-c1ccco1. The molecule has 0 aliphatic heterocycles. The molecule has 0 spiro atoms. The van der Waals surface area contributed by atoms with Gasteiger partial charge in [0.1, 0.15) is 0 Å². The fourth-order valence-electron chi connectivity index (χ4n) is 2.40. The highest BCUT2D eigenvalue weighted by Gasteiger charge is 2.16. The molecule has 0 saturated carbocycles. The van der Waals surface area contributed by atoms with Gasteiger partial charge in [-0.15, -0.1) is 20.4 Å². The molecular formula is C17H15N5O2S. The first-order chi connectivity index (χ1) is 12.3. The minimum Gasteiger partial charge on any atom is -0.461 e. The number of nitrogens with zero attached hydrogens (tertiary/aromatic N) is 5. The van der Waals surface area contributed by atoms with Gasteiger partial charge in [-0.1, -0.05) is 30.0 Å². The van der Waals surface area contributed by atoms with Crippen LogP contribution < -0.4 is 0 Å². The number of hydrogen-bond donors (Lipinski definition) is 0. The summed E-state index contributed by atoms with van der Waals surface area (Å²) >= 11 is 1.50. The lowest BCUT2D eigenvalue weighted by Crippen LogP contribution is -1.99. The summed E-state index contributed by atoms with van der Waals surface area (Å²) in [6, 6.07) is 13.4. The molecule has 0 N–H and O–H groups in total. The maximum Gasteiger partial charge on any atom is 0.247 e. The Morgan fingerprint density at radius 1 is 1.00 bits per heavy atom. The van der Waals surface area contributed by atoms with Crippen LogP contribution in [-0.2, 0) is 12.3 Å². The Morgan fingerprint density at radius 3 is 2.64 bits per heavy atom. The van der Waals surface area contributed by atoms with Crippen LogP contribution in [0.5, 0.6) is 0 Å². The number of rotatable bonds is 6. The molecule has 8 heteroatoms. The Balaban J connectivity index is 1.50. The van der Waals surface area contributed by atoms with Crippen molar-refractivity contribution in [3.05, 3.63) is 54.6 Å². The van der Waals surface area contributed by atoms with Crippen LogP contribution in [0.25, 0.3) is 23.0 Å². The Kier molecular flexibility index (Phi) is 4.34. The standard InChI is InChI=1S/C17H15N5O2S/c1-2-22-15(13-9-6-10-23-13)19-21-17(22)25-11-14-18-20-16(24-14)12-7-4-3-5-8-12/h3-10H,2,11H2,1H3. The largest absolute Gasteiger partial charge is 0.461 e. The molecule has 3 heterocycles. The summed E-state index contributed by atoms with van der Waals surface area (Å²) in [5, 5.41) is 17.5. The van der Waals surface area contributed by atoms with E-state index in [-0.39, 0.29) is 0 Å². The lowest BCUT2D eigenvalue weighted by atomic mass is 10.2. The number of furan rings is 1. The third-order valence-electron chi connectivity index (χ3n) is 3.59. The van der Waals surface area contributed by atoms with Crippen molar-refractivity contribution in [2.24, 2.45) is 0 Å². The molecule has 0 fully saturated rings. The van der Waals surface area contributed by atoms with Crippen LogP contribution in [0, 0.1) is 0 Å². The highest BCUT2D eigenvalue weighted by atomic mass is 32.2. The topological polar surface area (TPSA) is 82.8 Å². The molecule has 3 aromatic heterocycles. The second kappa shape index (κ2) is 6.94. The van der Waals surface area contributed by atoms with E-state index in [4.69, 9.17) is 8.83 Å². The minimum absolute atomic E-state index is 0.518. The molecule has 0 aliphatic carbocycles. The van der Waals surface area contributed by atoms with E-state index in [1.165, 1.54) is 11.8 Å². The van der Waals surface area contributed by atoms with Crippen molar-refractivity contribution in [2.45, 2.75) is 24.4 Å². The van der Waals surface area contributed by atoms with Gasteiger partial charge < -0.3 is 8.83 Å². The van der Waals surface area contributed by atoms with E-state index in [1.807, 2.05) is 54.0 Å².